The van der Waals surface area contributed by atoms with E-state index < -0.39 is 11.9 Å². The molecule has 0 radical (unpaired) electrons. The van der Waals surface area contributed by atoms with Gasteiger partial charge in [0.1, 0.15) is 0 Å². The zero-order valence-electron chi connectivity index (χ0n) is 13.2. The van der Waals surface area contributed by atoms with Crippen molar-refractivity contribution in [1.82, 2.24) is 0 Å². The highest BCUT2D eigenvalue weighted by Crippen LogP contribution is 2.08. The molecular formula is C18H28O3. The molecule has 0 aromatic rings. The lowest BCUT2D eigenvalue weighted by Crippen LogP contribution is -1.96. The maximum Gasteiger partial charge on any atom is 0.338 e. The molecule has 0 saturated carbocycles. The van der Waals surface area contributed by atoms with Gasteiger partial charge in [0, 0.05) is 12.2 Å². The predicted molar refractivity (Wildman–Crippen MR) is 86.8 cm³/mol. The minimum absolute atomic E-state index is 0.579. The van der Waals surface area contributed by atoms with Crippen LogP contribution in [0, 0.1) is 0 Å². The van der Waals surface area contributed by atoms with Crippen molar-refractivity contribution < 1.29 is 14.3 Å². The Hall–Kier alpha value is -1.64. The minimum Gasteiger partial charge on any atom is -0.387 e. The Morgan fingerprint density at radius 3 is 1.86 bits per heavy atom. The third kappa shape index (κ3) is 14.6. The fourth-order valence-corrected chi connectivity index (χ4v) is 1.85. The van der Waals surface area contributed by atoms with Crippen LogP contribution in [-0.2, 0) is 14.3 Å². The first kappa shape index (κ1) is 19.4. The molecule has 0 unspecified atom stereocenters. The highest BCUT2D eigenvalue weighted by Gasteiger charge is 2.10. The highest BCUT2D eigenvalue weighted by atomic mass is 16.6. The molecule has 0 amide bonds. The van der Waals surface area contributed by atoms with Gasteiger partial charge in [-0.3, -0.25) is 0 Å². The van der Waals surface area contributed by atoms with Crippen molar-refractivity contribution in [2.45, 2.75) is 64.7 Å². The molecule has 3 heteroatoms. The van der Waals surface area contributed by atoms with Crippen molar-refractivity contribution in [1.29, 1.82) is 0 Å². The normalized spacial score (nSPS) is 13.2. The Bertz CT molecular complexity index is 337. The van der Waals surface area contributed by atoms with E-state index in [0.29, 0.717) is 0 Å². The smallest absolute Gasteiger partial charge is 0.338 e. The Morgan fingerprint density at radius 2 is 1.43 bits per heavy atom. The van der Waals surface area contributed by atoms with Crippen LogP contribution < -0.4 is 0 Å². The minimum atomic E-state index is -0.579. The molecule has 0 fully saturated rings. The third-order valence-electron chi connectivity index (χ3n) is 2.99. The van der Waals surface area contributed by atoms with Crippen molar-refractivity contribution >= 4 is 11.9 Å². The number of hydrogen-bond acceptors (Lipinski definition) is 3. The van der Waals surface area contributed by atoms with Gasteiger partial charge in [-0.25, -0.2) is 9.59 Å². The Labute approximate surface area is 128 Å². The van der Waals surface area contributed by atoms with E-state index in [4.69, 9.17) is 0 Å². The number of unbranched alkanes of at least 4 members (excludes halogenated alkanes) is 7. The van der Waals surface area contributed by atoms with E-state index in [2.05, 4.69) is 30.4 Å². The van der Waals surface area contributed by atoms with Crippen LogP contribution in [0.1, 0.15) is 64.7 Å². The van der Waals surface area contributed by atoms with Gasteiger partial charge in [-0.1, -0.05) is 50.8 Å². The number of esters is 2. The first-order chi connectivity index (χ1) is 10.2. The maximum absolute atomic E-state index is 9.92. The Balaban J connectivity index is 0.000000471. The fraction of sp³-hybridized carbons (Fsp3) is 0.556. The summed E-state index contributed by atoms with van der Waals surface area (Å²) < 4.78 is 3.97. The molecule has 118 valence electrons. The summed E-state index contributed by atoms with van der Waals surface area (Å²) in [5.74, 6) is -1.16. The molecule has 21 heavy (non-hydrogen) atoms. The van der Waals surface area contributed by atoms with Gasteiger partial charge in [-0.15, -0.1) is 6.58 Å². The standard InChI is InChI=1S/C14H26.C4H2O3/c1-3-5-7-9-11-13-14-12-10-8-6-4-2;5-3-1-2-4(6)7-3/h3,6,8H,1,4-5,7,9-14H2,2H3;1-2H. The second-order valence-corrected chi connectivity index (χ2v) is 4.94. The molecule has 1 aliphatic heterocycles. The highest BCUT2D eigenvalue weighted by molar-refractivity contribution is 6.04. The van der Waals surface area contributed by atoms with E-state index in [-0.39, 0.29) is 0 Å². The average Bonchev–Trinajstić information content (AvgIpc) is 2.85. The monoisotopic (exact) mass is 292 g/mol. The molecule has 0 bridgehead atoms. The van der Waals surface area contributed by atoms with Gasteiger partial charge >= 0.3 is 11.9 Å². The van der Waals surface area contributed by atoms with Gasteiger partial charge in [0.15, 0.2) is 0 Å². The lowest BCUT2D eigenvalue weighted by molar-refractivity contribution is -0.150. The summed E-state index contributed by atoms with van der Waals surface area (Å²) in [4.78, 5) is 19.8. The van der Waals surface area contributed by atoms with Crippen LogP contribution >= 0.6 is 0 Å². The fourth-order valence-electron chi connectivity index (χ4n) is 1.85. The molecule has 0 atom stereocenters. The second-order valence-electron chi connectivity index (χ2n) is 4.94. The SMILES string of the molecule is C=CCCCCCCCCC=CCC.O=C1C=CC(=O)O1. The number of carbonyl (C=O) groups excluding carboxylic acids is 2. The Morgan fingerprint density at radius 1 is 0.905 bits per heavy atom. The van der Waals surface area contributed by atoms with Crippen LogP contribution in [0.3, 0.4) is 0 Å². The summed E-state index contributed by atoms with van der Waals surface area (Å²) in [6.45, 7) is 5.92. The van der Waals surface area contributed by atoms with Crippen LogP contribution in [0.4, 0.5) is 0 Å². The molecule has 0 aromatic carbocycles. The van der Waals surface area contributed by atoms with Gasteiger partial charge in [0.25, 0.3) is 0 Å². The lowest BCUT2D eigenvalue weighted by Gasteiger charge is -1.98. The topological polar surface area (TPSA) is 43.4 Å². The zero-order valence-corrected chi connectivity index (χ0v) is 13.2. The third-order valence-corrected chi connectivity index (χ3v) is 2.99. The van der Waals surface area contributed by atoms with E-state index in [1.54, 1.807) is 0 Å². The van der Waals surface area contributed by atoms with Crippen LogP contribution in [0.5, 0.6) is 0 Å². The summed E-state index contributed by atoms with van der Waals surface area (Å²) >= 11 is 0. The number of cyclic esters (lactones) is 2. The van der Waals surface area contributed by atoms with E-state index in [0.717, 1.165) is 12.2 Å². The zero-order chi connectivity index (χ0) is 15.8. The molecule has 0 aliphatic carbocycles. The summed E-state index contributed by atoms with van der Waals surface area (Å²) in [6.07, 6.45) is 20.8. The molecule has 1 rings (SSSR count). The number of carbonyl (C=O) groups is 2. The molecule has 0 saturated heterocycles. The summed E-state index contributed by atoms with van der Waals surface area (Å²) in [7, 11) is 0. The van der Waals surface area contributed by atoms with E-state index in [1.807, 2.05) is 6.08 Å². The molecule has 1 aliphatic rings. The number of allylic oxidation sites excluding steroid dienone is 3. The van der Waals surface area contributed by atoms with Crippen molar-refractivity contribution in [2.24, 2.45) is 0 Å². The number of hydrogen-bond donors (Lipinski definition) is 0. The number of rotatable bonds is 10. The van der Waals surface area contributed by atoms with E-state index in [9.17, 15) is 9.59 Å². The van der Waals surface area contributed by atoms with Gasteiger partial charge in [-0.05, 0) is 32.1 Å². The van der Waals surface area contributed by atoms with Gasteiger partial charge in [0.2, 0.25) is 0 Å². The largest absolute Gasteiger partial charge is 0.387 e. The van der Waals surface area contributed by atoms with Gasteiger partial charge in [0.05, 0.1) is 0 Å². The number of ether oxygens (including phenoxy) is 1. The summed E-state index contributed by atoms with van der Waals surface area (Å²) in [5, 5.41) is 0. The van der Waals surface area contributed by atoms with E-state index >= 15 is 0 Å². The molecule has 0 N–H and O–H groups in total. The van der Waals surface area contributed by atoms with Crippen molar-refractivity contribution in [3.8, 4) is 0 Å². The van der Waals surface area contributed by atoms with Crippen molar-refractivity contribution in [2.75, 3.05) is 0 Å². The van der Waals surface area contributed by atoms with E-state index in [1.165, 1.54) is 57.8 Å². The average molecular weight is 292 g/mol. The van der Waals surface area contributed by atoms with Crippen LogP contribution in [0.2, 0.25) is 0 Å². The second kappa shape index (κ2) is 14.8. The summed E-state index contributed by atoms with van der Waals surface area (Å²) in [6, 6.07) is 0. The first-order valence-corrected chi connectivity index (χ1v) is 7.90. The Kier molecular flexibility index (Phi) is 13.6. The quantitative estimate of drug-likeness (QED) is 0.249. The van der Waals surface area contributed by atoms with Crippen molar-refractivity contribution in [3.05, 3.63) is 37.0 Å². The van der Waals surface area contributed by atoms with Gasteiger partial charge < -0.3 is 4.74 Å². The molecule has 1 heterocycles. The summed E-state index contributed by atoms with van der Waals surface area (Å²) in [5.41, 5.74) is 0. The van der Waals surface area contributed by atoms with Crippen LogP contribution in [0.25, 0.3) is 0 Å². The predicted octanol–water partition coefficient (Wildman–Crippen LogP) is 4.89. The van der Waals surface area contributed by atoms with Crippen LogP contribution in [0.15, 0.2) is 37.0 Å². The molecule has 3 nitrogen and oxygen atoms in total. The molecule has 0 aromatic heterocycles. The van der Waals surface area contributed by atoms with Gasteiger partial charge in [-0.2, -0.15) is 0 Å². The van der Waals surface area contributed by atoms with Crippen LogP contribution in [-0.4, -0.2) is 11.9 Å². The first-order valence-electron chi connectivity index (χ1n) is 7.90. The lowest BCUT2D eigenvalue weighted by atomic mass is 10.1. The van der Waals surface area contributed by atoms with Crippen molar-refractivity contribution in [3.63, 3.8) is 0 Å². The molecular weight excluding hydrogens is 264 g/mol. The maximum atomic E-state index is 9.92. The molecule has 0 spiro atoms.